The Morgan fingerprint density at radius 3 is 2.93 bits per heavy atom. The lowest BCUT2D eigenvalue weighted by atomic mass is 10.0. The molecule has 1 atom stereocenters. The Balaban J connectivity index is 1.57. The first-order valence-corrected chi connectivity index (χ1v) is 10.5. The van der Waals surface area contributed by atoms with Crippen LogP contribution in [0.15, 0.2) is 51.7 Å². The van der Waals surface area contributed by atoms with Gasteiger partial charge in [0.15, 0.2) is 0 Å². The lowest BCUT2D eigenvalue weighted by Gasteiger charge is -2.32. The first-order valence-electron chi connectivity index (χ1n) is 9.35. The summed E-state index contributed by atoms with van der Waals surface area (Å²) in [5, 5.41) is 14.0. The topological polar surface area (TPSA) is 95.7 Å². The van der Waals surface area contributed by atoms with Gasteiger partial charge in [0.25, 0.3) is 0 Å². The molecule has 9 heteroatoms. The van der Waals surface area contributed by atoms with Crippen LogP contribution in [0.25, 0.3) is 31.8 Å². The van der Waals surface area contributed by atoms with Crippen molar-refractivity contribution in [2.75, 3.05) is 19.6 Å². The second kappa shape index (κ2) is 7.39. The SMILES string of the molecule is O=C(O)N1CCNC(c2ccc3c(Cl)c(-c4nc5ccccc5s4)c(=O)oc3c2)C1. The Hall–Kier alpha value is -2.94. The highest BCUT2D eigenvalue weighted by Gasteiger charge is 2.25. The van der Waals surface area contributed by atoms with Gasteiger partial charge in [0.1, 0.15) is 16.2 Å². The molecule has 3 heterocycles. The van der Waals surface area contributed by atoms with Gasteiger partial charge in [-0.2, -0.15) is 0 Å². The van der Waals surface area contributed by atoms with Gasteiger partial charge in [-0.3, -0.25) is 0 Å². The van der Waals surface area contributed by atoms with E-state index in [-0.39, 0.29) is 11.6 Å². The summed E-state index contributed by atoms with van der Waals surface area (Å²) in [6.07, 6.45) is -0.947. The van der Waals surface area contributed by atoms with Crippen LogP contribution in [0.3, 0.4) is 0 Å². The number of halogens is 1. The van der Waals surface area contributed by atoms with Crippen molar-refractivity contribution in [1.82, 2.24) is 15.2 Å². The second-order valence-corrected chi connectivity index (χ2v) is 8.46. The van der Waals surface area contributed by atoms with Crippen LogP contribution in [0.4, 0.5) is 4.79 Å². The normalized spacial score (nSPS) is 17.0. The Morgan fingerprint density at radius 1 is 1.30 bits per heavy atom. The molecule has 1 aliphatic heterocycles. The number of thiazole rings is 1. The lowest BCUT2D eigenvalue weighted by molar-refractivity contribution is 0.129. The maximum Gasteiger partial charge on any atom is 0.407 e. The molecule has 0 bridgehead atoms. The van der Waals surface area contributed by atoms with E-state index in [1.807, 2.05) is 30.3 Å². The number of para-hydroxylation sites is 1. The molecule has 1 fully saturated rings. The summed E-state index contributed by atoms with van der Waals surface area (Å²) < 4.78 is 6.56. The molecule has 0 saturated carbocycles. The van der Waals surface area contributed by atoms with Gasteiger partial charge in [0, 0.05) is 25.0 Å². The van der Waals surface area contributed by atoms with Crippen molar-refractivity contribution >= 4 is 50.2 Å². The predicted molar refractivity (Wildman–Crippen MR) is 116 cm³/mol. The maximum absolute atomic E-state index is 12.8. The number of nitrogens with one attached hydrogen (secondary N) is 1. The molecule has 1 amide bonds. The van der Waals surface area contributed by atoms with E-state index in [9.17, 15) is 14.7 Å². The van der Waals surface area contributed by atoms with Crippen molar-refractivity contribution in [2.24, 2.45) is 0 Å². The number of nitrogens with zero attached hydrogens (tertiary/aromatic N) is 2. The summed E-state index contributed by atoms with van der Waals surface area (Å²) in [7, 11) is 0. The molecule has 7 nitrogen and oxygen atoms in total. The van der Waals surface area contributed by atoms with Gasteiger partial charge in [-0.1, -0.05) is 29.8 Å². The van der Waals surface area contributed by atoms with Gasteiger partial charge in [-0.15, -0.1) is 11.3 Å². The summed E-state index contributed by atoms with van der Waals surface area (Å²) in [4.78, 5) is 30.0. The van der Waals surface area contributed by atoms with E-state index in [0.29, 0.717) is 40.6 Å². The monoisotopic (exact) mass is 441 g/mol. The maximum atomic E-state index is 12.8. The summed E-state index contributed by atoms with van der Waals surface area (Å²) in [6.45, 7) is 1.31. The number of benzene rings is 2. The van der Waals surface area contributed by atoms with E-state index in [4.69, 9.17) is 16.0 Å². The van der Waals surface area contributed by atoms with Gasteiger partial charge in [0.05, 0.1) is 21.3 Å². The Bertz CT molecular complexity index is 1320. The number of hydrogen-bond acceptors (Lipinski definition) is 6. The molecule has 2 aromatic carbocycles. The molecule has 1 aliphatic rings. The van der Waals surface area contributed by atoms with Crippen LogP contribution in [0.1, 0.15) is 11.6 Å². The average Bonchev–Trinajstić information content (AvgIpc) is 3.17. The van der Waals surface area contributed by atoms with Crippen LogP contribution in [0.5, 0.6) is 0 Å². The van der Waals surface area contributed by atoms with Crippen LogP contribution < -0.4 is 10.9 Å². The molecule has 1 unspecified atom stereocenters. The third-order valence-electron chi connectivity index (χ3n) is 5.22. The van der Waals surface area contributed by atoms with Gasteiger partial charge >= 0.3 is 11.7 Å². The number of amides is 1. The number of fused-ring (bicyclic) bond motifs is 2. The molecular formula is C21H16ClN3O4S. The van der Waals surface area contributed by atoms with E-state index in [1.165, 1.54) is 16.2 Å². The number of hydrogen-bond donors (Lipinski definition) is 2. The molecule has 152 valence electrons. The van der Waals surface area contributed by atoms with Crippen LogP contribution in [-0.4, -0.2) is 40.7 Å². The van der Waals surface area contributed by atoms with Gasteiger partial charge in [-0.25, -0.2) is 14.6 Å². The predicted octanol–water partition coefficient (Wildman–Crippen LogP) is 4.35. The second-order valence-electron chi connectivity index (χ2n) is 7.06. The molecule has 2 N–H and O–H groups in total. The fraction of sp³-hybridized carbons (Fsp3) is 0.190. The van der Waals surface area contributed by atoms with Gasteiger partial charge in [0.2, 0.25) is 0 Å². The first-order chi connectivity index (χ1) is 14.5. The lowest BCUT2D eigenvalue weighted by Crippen LogP contribution is -2.47. The first kappa shape index (κ1) is 19.0. The summed E-state index contributed by atoms with van der Waals surface area (Å²) in [6, 6.07) is 12.9. The highest BCUT2D eigenvalue weighted by Crippen LogP contribution is 2.36. The number of carbonyl (C=O) groups is 1. The highest BCUT2D eigenvalue weighted by molar-refractivity contribution is 7.21. The van der Waals surface area contributed by atoms with E-state index in [1.54, 1.807) is 12.1 Å². The van der Waals surface area contributed by atoms with Gasteiger partial charge in [-0.05, 0) is 29.8 Å². The summed E-state index contributed by atoms with van der Waals surface area (Å²) >= 11 is 8.01. The van der Waals surface area contributed by atoms with Crippen LogP contribution in [-0.2, 0) is 0 Å². The third-order valence-corrected chi connectivity index (χ3v) is 6.67. The van der Waals surface area contributed by atoms with Crippen LogP contribution >= 0.6 is 22.9 Å². The van der Waals surface area contributed by atoms with Crippen molar-refractivity contribution in [3.8, 4) is 10.6 Å². The Morgan fingerprint density at radius 2 is 2.13 bits per heavy atom. The van der Waals surface area contributed by atoms with Crippen LogP contribution in [0, 0.1) is 0 Å². The number of rotatable bonds is 2. The zero-order chi connectivity index (χ0) is 20.8. The summed E-state index contributed by atoms with van der Waals surface area (Å²) in [5.41, 5.74) is 1.70. The Labute approximate surface area is 179 Å². The zero-order valence-electron chi connectivity index (χ0n) is 15.6. The fourth-order valence-corrected chi connectivity index (χ4v) is 5.09. The molecule has 4 aromatic rings. The quantitative estimate of drug-likeness (QED) is 0.449. The largest absolute Gasteiger partial charge is 0.465 e. The van der Waals surface area contributed by atoms with Crippen LogP contribution in [0.2, 0.25) is 5.02 Å². The molecular weight excluding hydrogens is 426 g/mol. The molecule has 30 heavy (non-hydrogen) atoms. The van der Waals surface area contributed by atoms with E-state index >= 15 is 0 Å². The van der Waals surface area contributed by atoms with Gasteiger partial charge < -0.3 is 19.7 Å². The standard InChI is InChI=1S/C21H16ClN3O4S/c22-18-12-6-5-11(14-10-25(21(27)28)8-7-23-14)9-15(12)29-20(26)17(18)19-24-13-3-1-2-4-16(13)30-19/h1-6,9,14,23H,7-8,10H2,(H,27,28). The molecule has 5 rings (SSSR count). The molecule has 2 aromatic heterocycles. The van der Waals surface area contributed by atoms with E-state index in [0.717, 1.165) is 15.8 Å². The number of piperazine rings is 1. The van der Waals surface area contributed by atoms with Crippen molar-refractivity contribution in [1.29, 1.82) is 0 Å². The fourth-order valence-electron chi connectivity index (χ4n) is 3.70. The zero-order valence-corrected chi connectivity index (χ0v) is 17.2. The van der Waals surface area contributed by atoms with Crippen molar-refractivity contribution < 1.29 is 14.3 Å². The van der Waals surface area contributed by atoms with E-state index in [2.05, 4.69) is 10.3 Å². The highest BCUT2D eigenvalue weighted by atomic mass is 35.5. The molecule has 1 saturated heterocycles. The van der Waals surface area contributed by atoms with Crippen molar-refractivity contribution in [2.45, 2.75) is 6.04 Å². The smallest absolute Gasteiger partial charge is 0.407 e. The Kier molecular flexibility index (Phi) is 4.69. The minimum absolute atomic E-state index is 0.188. The minimum Gasteiger partial charge on any atom is -0.465 e. The molecule has 0 spiro atoms. The van der Waals surface area contributed by atoms with Crippen molar-refractivity contribution in [3.05, 3.63) is 63.5 Å². The minimum atomic E-state index is -0.947. The number of carboxylic acid groups (broad SMARTS) is 1. The molecule has 0 aliphatic carbocycles. The van der Waals surface area contributed by atoms with Crippen molar-refractivity contribution in [3.63, 3.8) is 0 Å². The summed E-state index contributed by atoms with van der Waals surface area (Å²) in [5.74, 6) is 0. The third kappa shape index (κ3) is 3.23. The van der Waals surface area contributed by atoms with E-state index < -0.39 is 11.7 Å². The number of aromatic nitrogens is 1. The average molecular weight is 442 g/mol. The molecule has 0 radical (unpaired) electrons.